The van der Waals surface area contributed by atoms with Gasteiger partial charge in [-0.15, -0.1) is 11.3 Å². The maximum Gasteiger partial charge on any atom is 0.408 e. The van der Waals surface area contributed by atoms with Crippen LogP contribution in [0.15, 0.2) is 72.2 Å². The quantitative estimate of drug-likeness (QED) is 0.577. The van der Waals surface area contributed by atoms with Crippen LogP contribution >= 0.6 is 11.3 Å². The molecule has 1 N–H and O–H groups in total. The van der Waals surface area contributed by atoms with Gasteiger partial charge in [0.2, 0.25) is 5.91 Å². The largest absolute Gasteiger partial charge is 0.445 e. The highest BCUT2D eigenvalue weighted by molar-refractivity contribution is 7.13. The van der Waals surface area contributed by atoms with Crippen molar-refractivity contribution < 1.29 is 14.3 Å². The van der Waals surface area contributed by atoms with E-state index in [2.05, 4.69) is 15.2 Å². The van der Waals surface area contributed by atoms with Crippen LogP contribution in [-0.2, 0) is 22.6 Å². The lowest BCUT2D eigenvalue weighted by Crippen LogP contribution is -2.50. The molecule has 2 aromatic carbocycles. The Morgan fingerprint density at radius 2 is 1.70 bits per heavy atom. The van der Waals surface area contributed by atoms with E-state index in [-0.39, 0.29) is 12.5 Å². The molecule has 172 valence electrons. The Morgan fingerprint density at radius 3 is 2.39 bits per heavy atom. The van der Waals surface area contributed by atoms with Crippen molar-refractivity contribution in [2.75, 3.05) is 31.1 Å². The third kappa shape index (κ3) is 6.55. The SMILES string of the molecule is O=C(NC(Cc1ccccc1)C(=O)N1CCCN(c2nccs2)CC1)OCc1ccccc1. The van der Waals surface area contributed by atoms with Crippen molar-refractivity contribution in [2.24, 2.45) is 0 Å². The van der Waals surface area contributed by atoms with E-state index in [4.69, 9.17) is 4.74 Å². The summed E-state index contributed by atoms with van der Waals surface area (Å²) in [6.07, 6.45) is 2.47. The molecule has 7 nitrogen and oxygen atoms in total. The smallest absolute Gasteiger partial charge is 0.408 e. The minimum atomic E-state index is -0.693. The number of hydrogen-bond donors (Lipinski definition) is 1. The molecule has 0 saturated carbocycles. The van der Waals surface area contributed by atoms with Gasteiger partial charge in [-0.2, -0.15) is 0 Å². The molecule has 2 amide bonds. The van der Waals surface area contributed by atoms with Crippen LogP contribution in [0, 0.1) is 0 Å². The number of amides is 2. The zero-order valence-electron chi connectivity index (χ0n) is 18.4. The molecule has 8 heteroatoms. The monoisotopic (exact) mass is 464 g/mol. The molecule has 1 unspecified atom stereocenters. The highest BCUT2D eigenvalue weighted by Gasteiger charge is 2.28. The molecule has 1 aliphatic heterocycles. The van der Waals surface area contributed by atoms with Gasteiger partial charge in [0.25, 0.3) is 0 Å². The van der Waals surface area contributed by atoms with Gasteiger partial charge in [-0.25, -0.2) is 9.78 Å². The van der Waals surface area contributed by atoms with Gasteiger partial charge < -0.3 is 19.9 Å². The average Bonchev–Trinajstić information content (AvgIpc) is 3.28. The summed E-state index contributed by atoms with van der Waals surface area (Å²) < 4.78 is 5.39. The number of ether oxygens (including phenoxy) is 1. The summed E-state index contributed by atoms with van der Waals surface area (Å²) >= 11 is 1.61. The fourth-order valence-electron chi connectivity index (χ4n) is 3.88. The number of nitrogens with one attached hydrogen (secondary N) is 1. The van der Waals surface area contributed by atoms with Gasteiger partial charge in [0.15, 0.2) is 5.13 Å². The summed E-state index contributed by atoms with van der Waals surface area (Å²) in [4.78, 5) is 34.5. The second-order valence-electron chi connectivity index (χ2n) is 7.93. The highest BCUT2D eigenvalue weighted by atomic mass is 32.1. The first-order chi connectivity index (χ1) is 16.2. The van der Waals surface area contributed by atoms with Crippen molar-refractivity contribution in [3.8, 4) is 0 Å². The van der Waals surface area contributed by atoms with Crippen LogP contribution in [0.5, 0.6) is 0 Å². The third-order valence-corrected chi connectivity index (χ3v) is 6.42. The second-order valence-corrected chi connectivity index (χ2v) is 8.80. The number of nitrogens with zero attached hydrogens (tertiary/aromatic N) is 3. The average molecular weight is 465 g/mol. The van der Waals surface area contributed by atoms with Crippen LogP contribution in [0.25, 0.3) is 0 Å². The van der Waals surface area contributed by atoms with Crippen molar-refractivity contribution in [3.05, 3.63) is 83.4 Å². The van der Waals surface area contributed by atoms with Gasteiger partial charge in [0.1, 0.15) is 12.6 Å². The van der Waals surface area contributed by atoms with Crippen molar-refractivity contribution in [1.82, 2.24) is 15.2 Å². The lowest BCUT2D eigenvalue weighted by Gasteiger charge is -2.27. The van der Waals surface area contributed by atoms with Crippen molar-refractivity contribution in [3.63, 3.8) is 0 Å². The van der Waals surface area contributed by atoms with Crippen molar-refractivity contribution >= 4 is 28.5 Å². The summed E-state index contributed by atoms with van der Waals surface area (Å²) in [6.45, 7) is 2.96. The number of carbonyl (C=O) groups is 2. The first-order valence-electron chi connectivity index (χ1n) is 11.1. The molecule has 0 spiro atoms. The van der Waals surface area contributed by atoms with Crippen LogP contribution in [0.3, 0.4) is 0 Å². The molecular formula is C25H28N4O3S. The molecule has 1 fully saturated rings. The van der Waals surface area contributed by atoms with E-state index in [1.165, 1.54) is 0 Å². The number of aromatic nitrogens is 1. The van der Waals surface area contributed by atoms with Crippen molar-refractivity contribution in [1.29, 1.82) is 0 Å². The summed E-state index contributed by atoms with van der Waals surface area (Å²) in [5.74, 6) is -0.0866. The summed E-state index contributed by atoms with van der Waals surface area (Å²) in [5.41, 5.74) is 1.88. The molecule has 3 aromatic rings. The van der Waals surface area contributed by atoms with E-state index in [0.717, 1.165) is 35.8 Å². The van der Waals surface area contributed by atoms with Crippen LogP contribution < -0.4 is 10.2 Å². The fraction of sp³-hybridized carbons (Fsp3) is 0.320. The van der Waals surface area contributed by atoms with Gasteiger partial charge in [0.05, 0.1) is 0 Å². The maximum absolute atomic E-state index is 13.5. The fourth-order valence-corrected chi connectivity index (χ4v) is 4.58. The van der Waals surface area contributed by atoms with E-state index in [1.807, 2.05) is 70.9 Å². The first-order valence-corrected chi connectivity index (χ1v) is 12.0. The Balaban J connectivity index is 1.40. The summed E-state index contributed by atoms with van der Waals surface area (Å²) in [7, 11) is 0. The standard InChI is InChI=1S/C25H28N4O3S/c30-23(28-13-7-14-29(16-15-28)24-26-12-17-33-24)22(18-20-8-3-1-4-9-20)27-25(31)32-19-21-10-5-2-6-11-21/h1-6,8-12,17,22H,7,13-16,18-19H2,(H,27,31). The van der Waals surface area contributed by atoms with Gasteiger partial charge in [-0.1, -0.05) is 60.7 Å². The van der Waals surface area contributed by atoms with Gasteiger partial charge in [-0.3, -0.25) is 4.79 Å². The van der Waals surface area contributed by atoms with Gasteiger partial charge >= 0.3 is 6.09 Å². The summed E-state index contributed by atoms with van der Waals surface area (Å²) in [6, 6.07) is 18.5. The lowest BCUT2D eigenvalue weighted by atomic mass is 10.0. The number of thiazole rings is 1. The number of anilines is 1. The van der Waals surface area contributed by atoms with Gasteiger partial charge in [0, 0.05) is 44.2 Å². The first kappa shape index (κ1) is 22.8. The molecule has 4 rings (SSSR count). The maximum atomic E-state index is 13.5. The number of alkyl carbamates (subject to hydrolysis) is 1. The molecule has 2 heterocycles. The van der Waals surface area contributed by atoms with Gasteiger partial charge in [-0.05, 0) is 17.5 Å². The predicted octanol–water partition coefficient (Wildman–Crippen LogP) is 3.72. The van der Waals surface area contributed by atoms with E-state index in [9.17, 15) is 9.59 Å². The van der Waals surface area contributed by atoms with Crippen LogP contribution in [0.2, 0.25) is 0 Å². The third-order valence-electron chi connectivity index (χ3n) is 5.58. The molecule has 1 aromatic heterocycles. The molecule has 0 bridgehead atoms. The zero-order chi connectivity index (χ0) is 22.9. The molecular weight excluding hydrogens is 436 g/mol. The van der Waals surface area contributed by atoms with Crippen LogP contribution in [0.1, 0.15) is 17.5 Å². The minimum absolute atomic E-state index is 0.0866. The Labute approximate surface area is 198 Å². The minimum Gasteiger partial charge on any atom is -0.445 e. The molecule has 33 heavy (non-hydrogen) atoms. The van der Waals surface area contributed by atoms with Crippen molar-refractivity contribution in [2.45, 2.75) is 25.5 Å². The summed E-state index contributed by atoms with van der Waals surface area (Å²) in [5, 5.41) is 5.76. The topological polar surface area (TPSA) is 74.8 Å². The second kappa shape index (κ2) is 11.5. The Bertz CT molecular complexity index is 1010. The van der Waals surface area contributed by atoms with E-state index in [1.54, 1.807) is 17.5 Å². The molecule has 0 radical (unpaired) electrons. The van der Waals surface area contributed by atoms with E-state index < -0.39 is 12.1 Å². The Morgan fingerprint density at radius 1 is 0.970 bits per heavy atom. The molecule has 1 aliphatic rings. The van der Waals surface area contributed by atoms with E-state index >= 15 is 0 Å². The highest BCUT2D eigenvalue weighted by Crippen LogP contribution is 2.19. The normalized spacial score (nSPS) is 14.9. The zero-order valence-corrected chi connectivity index (χ0v) is 19.2. The van der Waals surface area contributed by atoms with Crippen LogP contribution in [0.4, 0.5) is 9.93 Å². The Kier molecular flexibility index (Phi) is 7.92. The number of carbonyl (C=O) groups excluding carboxylic acids is 2. The lowest BCUT2D eigenvalue weighted by molar-refractivity contribution is -0.133. The van der Waals surface area contributed by atoms with E-state index in [0.29, 0.717) is 19.5 Å². The number of benzene rings is 2. The number of hydrogen-bond acceptors (Lipinski definition) is 6. The Hall–Kier alpha value is -3.39. The number of rotatable bonds is 7. The molecule has 0 aliphatic carbocycles. The molecule has 1 saturated heterocycles. The molecule has 1 atom stereocenters. The van der Waals surface area contributed by atoms with Crippen LogP contribution in [-0.4, -0.2) is 54.1 Å². The predicted molar refractivity (Wildman–Crippen MR) is 129 cm³/mol.